The van der Waals surface area contributed by atoms with E-state index in [-0.39, 0.29) is 0 Å². The third-order valence-electron chi connectivity index (χ3n) is 4.56. The third-order valence-corrected chi connectivity index (χ3v) is 4.93. The summed E-state index contributed by atoms with van der Waals surface area (Å²) in [6.45, 7) is 2.41. The molecule has 0 aliphatic rings. The summed E-state index contributed by atoms with van der Waals surface area (Å²) >= 11 is 6.35. The predicted octanol–water partition coefficient (Wildman–Crippen LogP) is 5.03. The van der Waals surface area contributed by atoms with E-state index < -0.39 is 0 Å². The Bertz CT molecular complexity index is 1010. The van der Waals surface area contributed by atoms with Gasteiger partial charge in [0.25, 0.3) is 0 Å². The Hall–Kier alpha value is -2.62. The third kappa shape index (κ3) is 3.64. The molecule has 4 aromatic rings. The quantitative estimate of drug-likeness (QED) is 0.522. The summed E-state index contributed by atoms with van der Waals surface area (Å²) in [6.07, 6.45) is 5.88. The van der Waals surface area contributed by atoms with Crippen LogP contribution in [0.3, 0.4) is 0 Å². The van der Waals surface area contributed by atoms with E-state index in [0.717, 1.165) is 30.2 Å². The van der Waals surface area contributed by atoms with Gasteiger partial charge in [-0.1, -0.05) is 48.0 Å². The topological polar surface area (TPSA) is 29.9 Å². The normalized spacial score (nSPS) is 11.1. The van der Waals surface area contributed by atoms with Gasteiger partial charge in [-0.25, -0.2) is 0 Å². The minimum Gasteiger partial charge on any atom is -0.343 e. The summed E-state index contributed by atoms with van der Waals surface area (Å²) in [6, 6.07) is 20.6. The highest BCUT2D eigenvalue weighted by atomic mass is 35.5. The zero-order valence-electron chi connectivity index (χ0n) is 14.4. The Labute approximate surface area is 158 Å². The molecular formula is C22H20ClN3. The van der Waals surface area contributed by atoms with E-state index in [9.17, 15) is 0 Å². The maximum Gasteiger partial charge on any atom is 0.0491 e. The van der Waals surface area contributed by atoms with E-state index in [4.69, 9.17) is 11.6 Å². The average Bonchev–Trinajstić information content (AvgIpc) is 3.02. The van der Waals surface area contributed by atoms with Crippen LogP contribution in [0.25, 0.3) is 10.9 Å². The van der Waals surface area contributed by atoms with E-state index in [0.29, 0.717) is 0 Å². The first kappa shape index (κ1) is 16.8. The molecule has 1 N–H and O–H groups in total. The Balaban J connectivity index is 1.57. The fourth-order valence-corrected chi connectivity index (χ4v) is 3.44. The van der Waals surface area contributed by atoms with E-state index in [1.807, 2.05) is 42.7 Å². The number of para-hydroxylation sites is 1. The molecule has 0 spiro atoms. The lowest BCUT2D eigenvalue weighted by Crippen LogP contribution is -2.12. The van der Waals surface area contributed by atoms with Crippen molar-refractivity contribution in [3.8, 4) is 0 Å². The van der Waals surface area contributed by atoms with Gasteiger partial charge in [0.05, 0.1) is 0 Å². The molecule has 0 radical (unpaired) electrons. The van der Waals surface area contributed by atoms with Crippen molar-refractivity contribution in [3.05, 3.63) is 101 Å². The fourth-order valence-electron chi connectivity index (χ4n) is 3.25. The number of pyridine rings is 1. The monoisotopic (exact) mass is 361 g/mol. The molecule has 0 fully saturated rings. The number of rotatable bonds is 6. The second-order valence-corrected chi connectivity index (χ2v) is 6.76. The SMILES string of the molecule is Clc1ccccc1Cn1cc(CNCc2ccncc2)c2ccccc21. The molecule has 2 aromatic heterocycles. The van der Waals surface area contributed by atoms with Crippen LogP contribution in [0.5, 0.6) is 0 Å². The summed E-state index contributed by atoms with van der Waals surface area (Å²) in [5, 5.41) is 5.62. The smallest absolute Gasteiger partial charge is 0.0491 e. The van der Waals surface area contributed by atoms with E-state index >= 15 is 0 Å². The van der Waals surface area contributed by atoms with Gasteiger partial charge in [-0.2, -0.15) is 0 Å². The lowest BCUT2D eigenvalue weighted by Gasteiger charge is -2.07. The molecule has 26 heavy (non-hydrogen) atoms. The molecule has 3 nitrogen and oxygen atoms in total. The van der Waals surface area contributed by atoms with Gasteiger partial charge in [-0.05, 0) is 41.0 Å². The number of fused-ring (bicyclic) bond motifs is 1. The van der Waals surface area contributed by atoms with Gasteiger partial charge in [-0.15, -0.1) is 0 Å². The molecule has 0 bridgehead atoms. The number of hydrogen-bond acceptors (Lipinski definition) is 2. The van der Waals surface area contributed by atoms with Gasteiger partial charge in [-0.3, -0.25) is 4.98 Å². The number of nitrogens with one attached hydrogen (secondary N) is 1. The van der Waals surface area contributed by atoms with Crippen molar-refractivity contribution >= 4 is 22.5 Å². The van der Waals surface area contributed by atoms with Crippen LogP contribution in [0, 0.1) is 0 Å². The summed E-state index contributed by atoms with van der Waals surface area (Å²) in [4.78, 5) is 4.06. The van der Waals surface area contributed by atoms with Crippen LogP contribution in [-0.2, 0) is 19.6 Å². The van der Waals surface area contributed by atoms with Crippen LogP contribution in [0.2, 0.25) is 5.02 Å². The van der Waals surface area contributed by atoms with Crippen LogP contribution in [-0.4, -0.2) is 9.55 Å². The number of halogens is 1. The molecule has 130 valence electrons. The van der Waals surface area contributed by atoms with E-state index in [1.165, 1.54) is 22.0 Å². The number of benzene rings is 2. The summed E-state index contributed by atoms with van der Waals surface area (Å²) in [7, 11) is 0. The first-order valence-electron chi connectivity index (χ1n) is 8.71. The maximum absolute atomic E-state index is 6.35. The minimum absolute atomic E-state index is 0.768. The van der Waals surface area contributed by atoms with Gasteiger partial charge in [0, 0.05) is 54.2 Å². The van der Waals surface area contributed by atoms with Crippen LogP contribution >= 0.6 is 11.6 Å². The Morgan fingerprint density at radius 2 is 1.62 bits per heavy atom. The van der Waals surface area contributed by atoms with Crippen molar-refractivity contribution in [1.82, 2.24) is 14.9 Å². The minimum atomic E-state index is 0.768. The molecule has 2 heterocycles. The first-order chi connectivity index (χ1) is 12.8. The molecule has 0 amide bonds. The van der Waals surface area contributed by atoms with Crippen LogP contribution < -0.4 is 5.32 Å². The van der Waals surface area contributed by atoms with Crippen molar-refractivity contribution in [2.75, 3.05) is 0 Å². The fraction of sp³-hybridized carbons (Fsp3) is 0.136. The molecule has 4 heteroatoms. The molecule has 2 aromatic carbocycles. The summed E-state index contributed by atoms with van der Waals surface area (Å²) < 4.78 is 2.28. The van der Waals surface area contributed by atoms with Crippen LogP contribution in [0.15, 0.2) is 79.3 Å². The van der Waals surface area contributed by atoms with Crippen molar-refractivity contribution in [2.45, 2.75) is 19.6 Å². The standard InChI is InChI=1S/C22H20ClN3/c23-21-7-3-1-5-18(21)15-26-16-19(20-6-2-4-8-22(20)26)14-25-13-17-9-11-24-12-10-17/h1-12,16,25H,13-15H2. The van der Waals surface area contributed by atoms with E-state index in [2.05, 4.69) is 51.4 Å². The van der Waals surface area contributed by atoms with Gasteiger partial charge in [0.15, 0.2) is 0 Å². The second kappa shape index (κ2) is 7.73. The highest BCUT2D eigenvalue weighted by Crippen LogP contribution is 2.24. The molecular weight excluding hydrogens is 342 g/mol. The number of hydrogen-bond donors (Lipinski definition) is 1. The largest absolute Gasteiger partial charge is 0.343 e. The molecule has 4 rings (SSSR count). The Morgan fingerprint density at radius 3 is 2.46 bits per heavy atom. The highest BCUT2D eigenvalue weighted by molar-refractivity contribution is 6.31. The lowest BCUT2D eigenvalue weighted by atomic mass is 10.1. The van der Waals surface area contributed by atoms with Crippen molar-refractivity contribution in [1.29, 1.82) is 0 Å². The maximum atomic E-state index is 6.35. The summed E-state index contributed by atoms with van der Waals surface area (Å²) in [5.74, 6) is 0. The number of aromatic nitrogens is 2. The van der Waals surface area contributed by atoms with Crippen LogP contribution in [0.1, 0.15) is 16.7 Å². The number of nitrogens with zero attached hydrogens (tertiary/aromatic N) is 2. The lowest BCUT2D eigenvalue weighted by molar-refractivity contribution is 0.692. The average molecular weight is 362 g/mol. The van der Waals surface area contributed by atoms with Gasteiger partial charge in [0.2, 0.25) is 0 Å². The highest BCUT2D eigenvalue weighted by Gasteiger charge is 2.09. The van der Waals surface area contributed by atoms with Gasteiger partial charge in [0.1, 0.15) is 0 Å². The van der Waals surface area contributed by atoms with Gasteiger partial charge < -0.3 is 9.88 Å². The second-order valence-electron chi connectivity index (χ2n) is 6.35. The zero-order chi connectivity index (χ0) is 17.8. The molecule has 0 atom stereocenters. The van der Waals surface area contributed by atoms with E-state index in [1.54, 1.807) is 0 Å². The Morgan fingerprint density at radius 1 is 0.846 bits per heavy atom. The zero-order valence-corrected chi connectivity index (χ0v) is 15.2. The summed E-state index contributed by atoms with van der Waals surface area (Å²) in [5.41, 5.74) is 4.89. The van der Waals surface area contributed by atoms with Crippen molar-refractivity contribution in [2.24, 2.45) is 0 Å². The van der Waals surface area contributed by atoms with Gasteiger partial charge >= 0.3 is 0 Å². The predicted molar refractivity (Wildman–Crippen MR) is 107 cm³/mol. The molecule has 0 aliphatic carbocycles. The first-order valence-corrected chi connectivity index (χ1v) is 9.09. The molecule has 0 saturated heterocycles. The molecule has 0 aliphatic heterocycles. The molecule has 0 unspecified atom stereocenters. The molecule has 0 saturated carbocycles. The Kier molecular flexibility index (Phi) is 5.00. The van der Waals surface area contributed by atoms with Crippen LogP contribution in [0.4, 0.5) is 0 Å². The van der Waals surface area contributed by atoms with Crippen molar-refractivity contribution in [3.63, 3.8) is 0 Å². The van der Waals surface area contributed by atoms with Crippen molar-refractivity contribution < 1.29 is 0 Å².